The Kier molecular flexibility index (Phi) is 6.64. The number of rotatable bonds is 5. The SMILES string of the molecule is CN(C(=O)C(F)(F)F)c1ccc(OC(F)F)c(C2=CC3(CCCNC3c3ccccc3)OC2)c1. The summed E-state index contributed by atoms with van der Waals surface area (Å²) in [5, 5.41) is 3.45. The van der Waals surface area contributed by atoms with Crippen LogP contribution < -0.4 is 15.0 Å². The molecule has 34 heavy (non-hydrogen) atoms. The lowest BCUT2D eigenvalue weighted by Crippen LogP contribution is -2.47. The van der Waals surface area contributed by atoms with Gasteiger partial charge in [-0.1, -0.05) is 30.3 Å². The van der Waals surface area contributed by atoms with E-state index < -0.39 is 24.3 Å². The molecule has 5 nitrogen and oxygen atoms in total. The third-order valence-corrected chi connectivity index (χ3v) is 6.09. The molecule has 1 saturated heterocycles. The quantitative estimate of drug-likeness (QED) is 0.604. The van der Waals surface area contributed by atoms with Gasteiger partial charge in [-0.15, -0.1) is 0 Å². The van der Waals surface area contributed by atoms with Crippen molar-refractivity contribution in [2.75, 3.05) is 25.1 Å². The lowest BCUT2D eigenvalue weighted by atomic mass is 9.81. The molecular weight excluding hydrogens is 459 g/mol. The van der Waals surface area contributed by atoms with E-state index >= 15 is 0 Å². The van der Waals surface area contributed by atoms with E-state index in [1.807, 2.05) is 36.4 Å². The number of nitrogens with zero attached hydrogens (tertiary/aromatic N) is 1. The highest BCUT2D eigenvalue weighted by atomic mass is 19.4. The Bertz CT molecular complexity index is 1070. The molecule has 2 aromatic carbocycles. The Hall–Kier alpha value is -2.98. The summed E-state index contributed by atoms with van der Waals surface area (Å²) < 4.78 is 75.8. The molecule has 2 aromatic rings. The van der Waals surface area contributed by atoms with Crippen LogP contribution in [-0.4, -0.2) is 44.5 Å². The Balaban J connectivity index is 1.74. The third kappa shape index (κ3) is 4.78. The fraction of sp³-hybridized carbons (Fsp3) is 0.375. The average molecular weight is 482 g/mol. The monoisotopic (exact) mass is 482 g/mol. The molecule has 1 amide bonds. The van der Waals surface area contributed by atoms with Gasteiger partial charge in [-0.3, -0.25) is 4.79 Å². The van der Waals surface area contributed by atoms with Gasteiger partial charge in [-0.2, -0.15) is 22.0 Å². The predicted octanol–water partition coefficient (Wildman–Crippen LogP) is 5.09. The maximum Gasteiger partial charge on any atom is 0.471 e. The van der Waals surface area contributed by atoms with E-state index in [4.69, 9.17) is 4.74 Å². The van der Waals surface area contributed by atoms with E-state index in [2.05, 4.69) is 10.1 Å². The smallest absolute Gasteiger partial charge is 0.434 e. The molecular formula is C24H23F5N2O3. The van der Waals surface area contributed by atoms with Gasteiger partial charge >= 0.3 is 18.7 Å². The van der Waals surface area contributed by atoms with Crippen molar-refractivity contribution in [3.8, 4) is 5.75 Å². The van der Waals surface area contributed by atoms with Crippen molar-refractivity contribution in [2.45, 2.75) is 37.3 Å². The van der Waals surface area contributed by atoms with Crippen LogP contribution in [-0.2, 0) is 9.53 Å². The number of alkyl halides is 5. The number of piperidine rings is 1. The van der Waals surface area contributed by atoms with Crippen molar-refractivity contribution in [1.29, 1.82) is 0 Å². The fourth-order valence-corrected chi connectivity index (χ4v) is 4.51. The molecule has 1 N–H and O–H groups in total. The predicted molar refractivity (Wildman–Crippen MR) is 116 cm³/mol. The normalized spacial score (nSPS) is 22.7. The second-order valence-electron chi connectivity index (χ2n) is 8.24. The number of carbonyl (C=O) groups excluding carboxylic acids is 1. The van der Waals surface area contributed by atoms with Crippen molar-refractivity contribution in [3.05, 3.63) is 65.7 Å². The van der Waals surface area contributed by atoms with Crippen molar-refractivity contribution < 1.29 is 36.2 Å². The maximum atomic E-state index is 13.1. The zero-order valence-corrected chi connectivity index (χ0v) is 18.2. The van der Waals surface area contributed by atoms with Crippen molar-refractivity contribution in [1.82, 2.24) is 5.32 Å². The molecule has 0 saturated carbocycles. The van der Waals surface area contributed by atoms with Gasteiger partial charge in [-0.05, 0) is 54.8 Å². The minimum absolute atomic E-state index is 0.0466. The van der Waals surface area contributed by atoms with Crippen molar-refractivity contribution in [2.24, 2.45) is 0 Å². The van der Waals surface area contributed by atoms with Crippen molar-refractivity contribution in [3.63, 3.8) is 0 Å². The maximum absolute atomic E-state index is 13.1. The summed E-state index contributed by atoms with van der Waals surface area (Å²) in [7, 11) is 0.972. The molecule has 4 rings (SSSR count). The van der Waals surface area contributed by atoms with Gasteiger partial charge in [0.2, 0.25) is 0 Å². The molecule has 0 bridgehead atoms. The van der Waals surface area contributed by atoms with Crippen LogP contribution in [0.1, 0.15) is 30.0 Å². The van der Waals surface area contributed by atoms with Crippen LogP contribution in [0.3, 0.4) is 0 Å². The number of hydrogen-bond acceptors (Lipinski definition) is 4. The first-order valence-electron chi connectivity index (χ1n) is 10.7. The summed E-state index contributed by atoms with van der Waals surface area (Å²) >= 11 is 0. The Morgan fingerprint density at radius 2 is 1.94 bits per heavy atom. The first kappa shape index (κ1) is 24.2. The molecule has 182 valence electrons. The van der Waals surface area contributed by atoms with Crippen LogP contribution >= 0.6 is 0 Å². The summed E-state index contributed by atoms with van der Waals surface area (Å²) in [5.74, 6) is -2.28. The molecule has 1 fully saturated rings. The van der Waals surface area contributed by atoms with E-state index in [0.717, 1.165) is 37.7 Å². The summed E-state index contributed by atoms with van der Waals surface area (Å²) in [6, 6.07) is 12.9. The van der Waals surface area contributed by atoms with Crippen LogP contribution in [0.25, 0.3) is 5.57 Å². The standard InChI is InChI=1S/C24H23F5N2O3/c1-31(21(32)24(27,28)29)17-8-9-19(34-22(25)26)18(12-17)16-13-23(33-14-16)10-5-11-30-20(23)15-6-3-2-4-7-15/h2-4,6-9,12-13,20,22,30H,5,10-11,14H2,1H3. The molecule has 0 aromatic heterocycles. The Morgan fingerprint density at radius 3 is 2.62 bits per heavy atom. The summed E-state index contributed by atoms with van der Waals surface area (Å²) in [6.45, 7) is -2.32. The topological polar surface area (TPSA) is 50.8 Å². The molecule has 2 aliphatic heterocycles. The zero-order chi connectivity index (χ0) is 24.5. The van der Waals surface area contributed by atoms with Gasteiger partial charge in [0.1, 0.15) is 11.4 Å². The van der Waals surface area contributed by atoms with Crippen LogP contribution in [0.2, 0.25) is 0 Å². The summed E-state index contributed by atoms with van der Waals surface area (Å²) in [6.07, 6.45) is -1.76. The summed E-state index contributed by atoms with van der Waals surface area (Å²) in [5.41, 5.74) is 0.764. The fourth-order valence-electron chi connectivity index (χ4n) is 4.51. The second kappa shape index (κ2) is 9.34. The second-order valence-corrected chi connectivity index (χ2v) is 8.24. The van der Waals surface area contributed by atoms with Gasteiger partial charge in [0.15, 0.2) is 0 Å². The van der Waals surface area contributed by atoms with E-state index in [9.17, 15) is 26.7 Å². The van der Waals surface area contributed by atoms with E-state index in [1.165, 1.54) is 6.07 Å². The highest BCUT2D eigenvalue weighted by Crippen LogP contribution is 2.45. The molecule has 0 aliphatic carbocycles. The summed E-state index contributed by atoms with van der Waals surface area (Å²) in [4.78, 5) is 12.1. The third-order valence-electron chi connectivity index (χ3n) is 6.09. The highest BCUT2D eigenvalue weighted by molar-refractivity contribution is 5.97. The molecule has 2 aliphatic rings. The number of benzene rings is 2. The minimum Gasteiger partial charge on any atom is -0.434 e. The molecule has 2 unspecified atom stereocenters. The van der Waals surface area contributed by atoms with E-state index in [0.29, 0.717) is 16.9 Å². The first-order valence-corrected chi connectivity index (χ1v) is 10.7. The van der Waals surface area contributed by atoms with Crippen molar-refractivity contribution >= 4 is 17.2 Å². The number of halogens is 5. The number of ether oxygens (including phenoxy) is 2. The largest absolute Gasteiger partial charge is 0.471 e. The number of anilines is 1. The number of hydrogen-bond donors (Lipinski definition) is 1. The Labute approximate surface area is 193 Å². The van der Waals surface area contributed by atoms with Gasteiger partial charge in [-0.25, -0.2) is 0 Å². The van der Waals surface area contributed by atoms with Gasteiger partial charge in [0.25, 0.3) is 0 Å². The van der Waals surface area contributed by atoms with Crippen LogP contribution in [0.4, 0.5) is 27.6 Å². The minimum atomic E-state index is -5.08. The van der Waals surface area contributed by atoms with Gasteiger partial charge < -0.3 is 19.7 Å². The van der Waals surface area contributed by atoms with Crippen LogP contribution in [0.15, 0.2) is 54.6 Å². The van der Waals surface area contributed by atoms with Crippen LogP contribution in [0, 0.1) is 0 Å². The number of amides is 1. The number of nitrogens with one attached hydrogen (secondary N) is 1. The Morgan fingerprint density at radius 1 is 1.21 bits per heavy atom. The van der Waals surface area contributed by atoms with Crippen LogP contribution in [0.5, 0.6) is 5.75 Å². The van der Waals surface area contributed by atoms with E-state index in [1.54, 1.807) is 0 Å². The highest BCUT2D eigenvalue weighted by Gasteiger charge is 2.45. The lowest BCUT2D eigenvalue weighted by molar-refractivity contribution is -0.170. The molecule has 0 radical (unpaired) electrons. The van der Waals surface area contributed by atoms with Gasteiger partial charge in [0, 0.05) is 18.3 Å². The average Bonchev–Trinajstić information content (AvgIpc) is 3.22. The molecule has 1 spiro atoms. The molecule has 2 heterocycles. The zero-order valence-electron chi connectivity index (χ0n) is 18.2. The van der Waals surface area contributed by atoms with Gasteiger partial charge in [0.05, 0.1) is 12.6 Å². The lowest BCUT2D eigenvalue weighted by Gasteiger charge is -2.40. The van der Waals surface area contributed by atoms with E-state index in [-0.39, 0.29) is 29.6 Å². The first-order chi connectivity index (χ1) is 16.1. The molecule has 10 heteroatoms. The molecule has 2 atom stereocenters. The number of carbonyl (C=O) groups is 1.